The second-order valence-corrected chi connectivity index (χ2v) is 9.35. The summed E-state index contributed by atoms with van der Waals surface area (Å²) in [5.74, 6) is -0.346. The molecule has 10 heteroatoms. The van der Waals surface area contributed by atoms with E-state index in [1.165, 1.54) is 30.3 Å². The molecule has 0 aliphatic heterocycles. The number of benzene rings is 3. The van der Waals surface area contributed by atoms with Gasteiger partial charge in [-0.25, -0.2) is 27.1 Å². The van der Waals surface area contributed by atoms with E-state index >= 15 is 0 Å². The smallest absolute Gasteiger partial charge is 0.328 e. The highest BCUT2D eigenvalue weighted by atomic mass is 32.2. The molecule has 34 heavy (non-hydrogen) atoms. The van der Waals surface area contributed by atoms with Crippen molar-refractivity contribution >= 4 is 33.5 Å². The summed E-state index contributed by atoms with van der Waals surface area (Å²) >= 11 is 0. The summed E-state index contributed by atoms with van der Waals surface area (Å²) in [7, 11) is -3.94. The monoisotopic (exact) mass is 484 g/mol. The number of amides is 4. The van der Waals surface area contributed by atoms with Crippen LogP contribution in [-0.4, -0.2) is 27.0 Å². The second kappa shape index (κ2) is 10.8. The van der Waals surface area contributed by atoms with Gasteiger partial charge in [0.05, 0.1) is 4.90 Å². The Morgan fingerprint density at radius 1 is 0.824 bits per heavy atom. The molecule has 0 bridgehead atoms. The quantitative estimate of drug-likeness (QED) is 0.400. The van der Waals surface area contributed by atoms with E-state index in [1.807, 2.05) is 11.6 Å². The van der Waals surface area contributed by atoms with Crippen LogP contribution in [-0.2, 0) is 16.4 Å². The van der Waals surface area contributed by atoms with Gasteiger partial charge in [0.15, 0.2) is 0 Å². The van der Waals surface area contributed by atoms with Crippen molar-refractivity contribution in [1.82, 2.24) is 10.0 Å². The topological polar surface area (TPSA) is 116 Å². The molecule has 0 aromatic heterocycles. The molecular weight excluding hydrogens is 459 g/mol. The fourth-order valence-electron chi connectivity index (χ4n) is 3.03. The zero-order valence-electron chi connectivity index (χ0n) is 18.7. The van der Waals surface area contributed by atoms with Crippen molar-refractivity contribution in [1.29, 1.82) is 0 Å². The largest absolute Gasteiger partial charge is 0.337 e. The van der Waals surface area contributed by atoms with Gasteiger partial charge in [0.2, 0.25) is 0 Å². The van der Waals surface area contributed by atoms with Crippen molar-refractivity contribution in [2.75, 3.05) is 17.2 Å². The molecule has 0 aliphatic rings. The maximum Gasteiger partial charge on any atom is 0.328 e. The molecule has 3 aromatic carbocycles. The standard InChI is InChI=1S/C24H25FN4O4S/c1-16-3-10-21(11-4-16)34(32,33)29-23(30)26-14-13-18-5-7-19(8-6-18)27-24(31)28-20-9-12-22(25)17(2)15-20/h3-12,15H,13-14H2,1-2H3,(H2,26,29,30)(H2,27,28,31). The molecule has 0 spiro atoms. The van der Waals surface area contributed by atoms with Crippen LogP contribution in [0.1, 0.15) is 16.7 Å². The normalized spacial score (nSPS) is 10.9. The molecule has 3 aromatic rings. The third-order valence-corrected chi connectivity index (χ3v) is 6.23. The SMILES string of the molecule is Cc1ccc(S(=O)(=O)NC(=O)NCCc2ccc(NC(=O)Nc3ccc(F)c(C)c3)cc2)cc1. The van der Waals surface area contributed by atoms with E-state index in [9.17, 15) is 22.4 Å². The number of urea groups is 2. The maximum atomic E-state index is 13.3. The van der Waals surface area contributed by atoms with Crippen molar-refractivity contribution in [3.05, 3.63) is 89.2 Å². The van der Waals surface area contributed by atoms with Gasteiger partial charge in [0.25, 0.3) is 10.0 Å². The van der Waals surface area contributed by atoms with Crippen molar-refractivity contribution < 1.29 is 22.4 Å². The van der Waals surface area contributed by atoms with E-state index in [2.05, 4.69) is 16.0 Å². The Hall–Kier alpha value is -3.92. The van der Waals surface area contributed by atoms with Gasteiger partial charge in [-0.3, -0.25) is 0 Å². The predicted molar refractivity (Wildman–Crippen MR) is 129 cm³/mol. The number of nitrogens with one attached hydrogen (secondary N) is 4. The van der Waals surface area contributed by atoms with Gasteiger partial charge in [0, 0.05) is 17.9 Å². The van der Waals surface area contributed by atoms with Gasteiger partial charge in [-0.05, 0) is 73.9 Å². The van der Waals surface area contributed by atoms with Gasteiger partial charge in [-0.15, -0.1) is 0 Å². The molecule has 4 N–H and O–H groups in total. The van der Waals surface area contributed by atoms with E-state index in [-0.39, 0.29) is 17.3 Å². The maximum absolute atomic E-state index is 13.3. The zero-order chi connectivity index (χ0) is 24.7. The average Bonchev–Trinajstić information content (AvgIpc) is 2.77. The molecule has 0 heterocycles. The lowest BCUT2D eigenvalue weighted by molar-refractivity contribution is 0.246. The molecule has 3 rings (SSSR count). The van der Waals surface area contributed by atoms with E-state index in [1.54, 1.807) is 43.3 Å². The Kier molecular flexibility index (Phi) is 7.85. The summed E-state index contributed by atoms with van der Waals surface area (Å²) in [5, 5.41) is 7.83. The number of carbonyl (C=O) groups excluding carboxylic acids is 2. The Morgan fingerprint density at radius 3 is 2.09 bits per heavy atom. The summed E-state index contributed by atoms with van der Waals surface area (Å²) in [4.78, 5) is 24.1. The van der Waals surface area contributed by atoms with E-state index in [4.69, 9.17) is 0 Å². The van der Waals surface area contributed by atoms with Crippen LogP contribution in [0.4, 0.5) is 25.4 Å². The summed E-state index contributed by atoms with van der Waals surface area (Å²) < 4.78 is 39.8. The number of rotatable bonds is 7. The highest BCUT2D eigenvalue weighted by Crippen LogP contribution is 2.15. The van der Waals surface area contributed by atoms with Gasteiger partial charge in [-0.1, -0.05) is 29.8 Å². The van der Waals surface area contributed by atoms with Gasteiger partial charge >= 0.3 is 12.1 Å². The molecule has 178 valence electrons. The molecule has 0 fully saturated rings. The van der Waals surface area contributed by atoms with Crippen LogP contribution < -0.4 is 20.7 Å². The first-order valence-electron chi connectivity index (χ1n) is 10.4. The second-order valence-electron chi connectivity index (χ2n) is 7.66. The number of hydrogen-bond donors (Lipinski definition) is 4. The fraction of sp³-hybridized carbons (Fsp3) is 0.167. The summed E-state index contributed by atoms with van der Waals surface area (Å²) in [6, 6.07) is 16.1. The van der Waals surface area contributed by atoms with Gasteiger partial charge < -0.3 is 16.0 Å². The van der Waals surface area contributed by atoms with Gasteiger partial charge in [-0.2, -0.15) is 0 Å². The minimum atomic E-state index is -3.94. The number of anilines is 2. The Bertz CT molecular complexity index is 1280. The van der Waals surface area contributed by atoms with Crippen LogP contribution in [0.2, 0.25) is 0 Å². The Balaban J connectivity index is 1.44. The van der Waals surface area contributed by atoms with E-state index in [0.29, 0.717) is 23.4 Å². The minimum absolute atomic E-state index is 0.00920. The lowest BCUT2D eigenvalue weighted by atomic mass is 10.1. The zero-order valence-corrected chi connectivity index (χ0v) is 19.5. The first-order valence-corrected chi connectivity index (χ1v) is 11.9. The average molecular weight is 485 g/mol. The molecule has 0 saturated carbocycles. The van der Waals surface area contributed by atoms with Crippen molar-refractivity contribution in [3.8, 4) is 0 Å². The van der Waals surface area contributed by atoms with Crippen LogP contribution in [0.5, 0.6) is 0 Å². The molecule has 0 saturated heterocycles. The Morgan fingerprint density at radius 2 is 1.44 bits per heavy atom. The van der Waals surface area contributed by atoms with Gasteiger partial charge in [0.1, 0.15) is 5.82 Å². The molecule has 0 radical (unpaired) electrons. The lowest BCUT2D eigenvalue weighted by Gasteiger charge is -2.10. The number of halogens is 1. The van der Waals surface area contributed by atoms with Crippen LogP contribution in [0, 0.1) is 19.7 Å². The third-order valence-electron chi connectivity index (χ3n) is 4.89. The number of hydrogen-bond acceptors (Lipinski definition) is 4. The molecular formula is C24H25FN4O4S. The van der Waals surface area contributed by atoms with Crippen LogP contribution in [0.25, 0.3) is 0 Å². The third kappa shape index (κ3) is 7.04. The van der Waals surface area contributed by atoms with Crippen molar-refractivity contribution in [3.63, 3.8) is 0 Å². The first-order chi connectivity index (χ1) is 16.1. The van der Waals surface area contributed by atoms with Crippen molar-refractivity contribution in [2.24, 2.45) is 0 Å². The molecule has 0 aliphatic carbocycles. The Labute approximate surface area is 197 Å². The van der Waals surface area contributed by atoms with Crippen LogP contribution in [0.15, 0.2) is 71.6 Å². The number of sulfonamides is 1. The number of carbonyl (C=O) groups is 2. The minimum Gasteiger partial charge on any atom is -0.337 e. The highest BCUT2D eigenvalue weighted by molar-refractivity contribution is 7.90. The van der Waals surface area contributed by atoms with Crippen LogP contribution in [0.3, 0.4) is 0 Å². The van der Waals surface area contributed by atoms with E-state index < -0.39 is 22.1 Å². The highest BCUT2D eigenvalue weighted by Gasteiger charge is 2.17. The molecule has 4 amide bonds. The predicted octanol–water partition coefficient (Wildman–Crippen LogP) is 4.32. The fourth-order valence-corrected chi connectivity index (χ4v) is 3.95. The molecule has 0 unspecified atom stereocenters. The van der Waals surface area contributed by atoms with Crippen LogP contribution >= 0.6 is 0 Å². The molecule has 8 nitrogen and oxygen atoms in total. The summed E-state index contributed by atoms with van der Waals surface area (Å²) in [6.07, 6.45) is 0.458. The van der Waals surface area contributed by atoms with E-state index in [0.717, 1.165) is 11.1 Å². The lowest BCUT2D eigenvalue weighted by Crippen LogP contribution is -2.40. The summed E-state index contributed by atoms with van der Waals surface area (Å²) in [5.41, 5.74) is 3.24. The number of aryl methyl sites for hydroxylation is 2. The summed E-state index contributed by atoms with van der Waals surface area (Å²) in [6.45, 7) is 3.66. The first kappa shape index (κ1) is 24.7. The van der Waals surface area contributed by atoms with Crippen molar-refractivity contribution in [2.45, 2.75) is 25.2 Å². The molecule has 0 atom stereocenters.